The Morgan fingerprint density at radius 3 is 3.06 bits per heavy atom. The second-order valence-corrected chi connectivity index (χ2v) is 4.15. The maximum Gasteiger partial charge on any atom is 0.444 e. The number of methoxy groups -OCH3 is 1. The molecule has 3 rings (SSSR count). The minimum absolute atomic E-state index is 0.0661. The molecule has 0 bridgehead atoms. The van der Waals surface area contributed by atoms with Crippen molar-refractivity contribution in [2.45, 2.75) is 19.4 Å². The van der Waals surface area contributed by atoms with Crippen molar-refractivity contribution in [2.75, 3.05) is 7.11 Å². The molecular formula is C12H12N2O4. The van der Waals surface area contributed by atoms with Gasteiger partial charge in [0, 0.05) is 12.0 Å². The van der Waals surface area contributed by atoms with Gasteiger partial charge in [-0.1, -0.05) is 17.2 Å². The topological polar surface area (TPSA) is 66.5 Å². The van der Waals surface area contributed by atoms with Gasteiger partial charge in [-0.25, -0.2) is 4.79 Å². The van der Waals surface area contributed by atoms with Crippen molar-refractivity contribution in [2.24, 2.45) is 0 Å². The van der Waals surface area contributed by atoms with Crippen LogP contribution in [0.25, 0.3) is 5.69 Å². The van der Waals surface area contributed by atoms with E-state index in [2.05, 4.69) is 5.10 Å². The number of hydrogen-bond donors (Lipinski definition) is 0. The third kappa shape index (κ3) is 1.57. The van der Waals surface area contributed by atoms with Crippen LogP contribution in [0.2, 0.25) is 0 Å². The lowest BCUT2D eigenvalue weighted by Gasteiger charge is -2.07. The van der Waals surface area contributed by atoms with Gasteiger partial charge in [0.05, 0.1) is 7.11 Å². The second-order valence-electron chi connectivity index (χ2n) is 4.15. The van der Waals surface area contributed by atoms with Crippen LogP contribution in [-0.4, -0.2) is 23.0 Å². The lowest BCUT2D eigenvalue weighted by atomic mass is 10.1. The molecule has 0 radical (unpaired) electrons. The predicted molar refractivity (Wildman–Crippen MR) is 62.4 cm³/mol. The predicted octanol–water partition coefficient (Wildman–Crippen LogP) is 1.16. The number of nitrogens with zero attached hydrogens (tertiary/aromatic N) is 2. The number of benzene rings is 1. The van der Waals surface area contributed by atoms with Gasteiger partial charge in [0.1, 0.15) is 17.5 Å². The Balaban J connectivity index is 2.16. The summed E-state index contributed by atoms with van der Waals surface area (Å²) in [7, 11) is 1.39. The maximum atomic E-state index is 11.7. The monoisotopic (exact) mass is 248 g/mol. The molecule has 18 heavy (non-hydrogen) atoms. The summed E-state index contributed by atoms with van der Waals surface area (Å²) in [5.41, 5.74) is 1.64. The highest BCUT2D eigenvalue weighted by Crippen LogP contribution is 2.34. The Bertz CT molecular complexity index is 644. The summed E-state index contributed by atoms with van der Waals surface area (Å²) in [5.74, 6) is 0.0893. The zero-order valence-corrected chi connectivity index (χ0v) is 10.0. The van der Waals surface area contributed by atoms with Crippen LogP contribution < -0.4 is 15.2 Å². The van der Waals surface area contributed by atoms with Gasteiger partial charge in [0.2, 0.25) is 0 Å². The maximum absolute atomic E-state index is 11.7. The van der Waals surface area contributed by atoms with Crippen LogP contribution in [0.4, 0.5) is 0 Å². The van der Waals surface area contributed by atoms with E-state index in [0.29, 0.717) is 11.4 Å². The first kappa shape index (κ1) is 10.9. The molecule has 2 aromatic rings. The van der Waals surface area contributed by atoms with Gasteiger partial charge in [-0.15, -0.1) is 0 Å². The van der Waals surface area contributed by atoms with E-state index < -0.39 is 5.76 Å². The Kier molecular flexibility index (Phi) is 2.36. The number of rotatable bonds is 2. The molecule has 0 fully saturated rings. The minimum atomic E-state index is -0.594. The fourth-order valence-electron chi connectivity index (χ4n) is 2.08. The van der Waals surface area contributed by atoms with E-state index >= 15 is 0 Å². The van der Waals surface area contributed by atoms with Crippen LogP contribution in [0.5, 0.6) is 11.8 Å². The summed E-state index contributed by atoms with van der Waals surface area (Å²) >= 11 is 0. The first-order valence-corrected chi connectivity index (χ1v) is 5.62. The number of aromatic nitrogens is 2. The second kappa shape index (κ2) is 3.90. The first-order valence-electron chi connectivity index (χ1n) is 5.62. The Hall–Kier alpha value is -2.24. The van der Waals surface area contributed by atoms with E-state index in [1.807, 2.05) is 19.1 Å². The van der Waals surface area contributed by atoms with E-state index in [0.717, 1.165) is 16.7 Å². The SMILES string of the molecule is COc1nn(-c2cccc3c2OC(C)C3)c(=O)o1. The number of fused-ring (bicyclic) bond motifs is 1. The quantitative estimate of drug-likeness (QED) is 0.797. The molecule has 0 N–H and O–H groups in total. The molecule has 0 amide bonds. The van der Waals surface area contributed by atoms with Crippen LogP contribution in [-0.2, 0) is 6.42 Å². The number of ether oxygens (including phenoxy) is 2. The molecule has 2 heterocycles. The molecule has 6 nitrogen and oxygen atoms in total. The minimum Gasteiger partial charge on any atom is -0.488 e. The van der Waals surface area contributed by atoms with Gasteiger partial charge >= 0.3 is 11.8 Å². The van der Waals surface area contributed by atoms with Crippen molar-refractivity contribution in [3.05, 3.63) is 34.3 Å². The van der Waals surface area contributed by atoms with Gasteiger partial charge in [-0.3, -0.25) is 0 Å². The molecule has 94 valence electrons. The molecule has 1 atom stereocenters. The highest BCUT2D eigenvalue weighted by Gasteiger charge is 2.24. The van der Waals surface area contributed by atoms with E-state index in [1.165, 1.54) is 7.11 Å². The highest BCUT2D eigenvalue weighted by atomic mass is 16.6. The summed E-state index contributed by atoms with van der Waals surface area (Å²) in [6, 6.07) is 5.61. The molecule has 6 heteroatoms. The summed E-state index contributed by atoms with van der Waals surface area (Å²) < 4.78 is 16.5. The van der Waals surface area contributed by atoms with Crippen LogP contribution in [0.3, 0.4) is 0 Å². The molecule has 1 aromatic heterocycles. The zero-order chi connectivity index (χ0) is 12.7. The van der Waals surface area contributed by atoms with Crippen LogP contribution in [0.1, 0.15) is 12.5 Å². The fourth-order valence-corrected chi connectivity index (χ4v) is 2.08. The Morgan fingerprint density at radius 2 is 2.33 bits per heavy atom. The largest absolute Gasteiger partial charge is 0.488 e. The average molecular weight is 248 g/mol. The van der Waals surface area contributed by atoms with Crippen molar-refractivity contribution in [3.8, 4) is 17.5 Å². The number of para-hydroxylation sites is 1. The lowest BCUT2D eigenvalue weighted by molar-refractivity contribution is 0.253. The van der Waals surface area contributed by atoms with E-state index in [1.54, 1.807) is 6.07 Å². The first-order chi connectivity index (χ1) is 8.69. The van der Waals surface area contributed by atoms with E-state index in [4.69, 9.17) is 13.9 Å². The van der Waals surface area contributed by atoms with Crippen molar-refractivity contribution in [3.63, 3.8) is 0 Å². The third-order valence-electron chi connectivity index (χ3n) is 2.83. The van der Waals surface area contributed by atoms with Gasteiger partial charge in [0.15, 0.2) is 0 Å². The van der Waals surface area contributed by atoms with Crippen LogP contribution in [0.15, 0.2) is 27.4 Å². The summed E-state index contributed by atoms with van der Waals surface area (Å²) in [4.78, 5) is 11.7. The van der Waals surface area contributed by atoms with Crippen molar-refractivity contribution < 1.29 is 13.9 Å². The molecule has 0 saturated heterocycles. The van der Waals surface area contributed by atoms with Crippen molar-refractivity contribution in [1.82, 2.24) is 9.78 Å². The molecule has 1 unspecified atom stereocenters. The summed E-state index contributed by atoms with van der Waals surface area (Å²) in [6.07, 6.45) is 0.863. The highest BCUT2D eigenvalue weighted by molar-refractivity contribution is 5.53. The fraction of sp³-hybridized carbons (Fsp3) is 0.333. The third-order valence-corrected chi connectivity index (χ3v) is 2.83. The van der Waals surface area contributed by atoms with Crippen LogP contribution in [0, 0.1) is 0 Å². The van der Waals surface area contributed by atoms with Gasteiger partial charge < -0.3 is 13.9 Å². The van der Waals surface area contributed by atoms with E-state index in [9.17, 15) is 4.79 Å². The van der Waals surface area contributed by atoms with Crippen LogP contribution >= 0.6 is 0 Å². The molecular weight excluding hydrogens is 236 g/mol. The molecule has 0 saturated carbocycles. The van der Waals surface area contributed by atoms with Gasteiger partial charge in [0.25, 0.3) is 0 Å². The van der Waals surface area contributed by atoms with Crippen molar-refractivity contribution >= 4 is 0 Å². The standard InChI is InChI=1S/C12H12N2O4/c1-7-6-8-4-3-5-9(10(8)17-7)14-12(15)18-11(13-14)16-2/h3-5,7H,6H2,1-2H3. The summed E-state index contributed by atoms with van der Waals surface area (Å²) in [5, 5.41) is 3.94. The van der Waals surface area contributed by atoms with E-state index in [-0.39, 0.29) is 12.2 Å². The van der Waals surface area contributed by atoms with Crippen molar-refractivity contribution in [1.29, 1.82) is 0 Å². The molecule has 1 aliphatic heterocycles. The van der Waals surface area contributed by atoms with Gasteiger partial charge in [-0.2, -0.15) is 4.68 Å². The average Bonchev–Trinajstić information content (AvgIpc) is 2.90. The molecule has 0 spiro atoms. The zero-order valence-electron chi connectivity index (χ0n) is 10.0. The summed E-state index contributed by atoms with van der Waals surface area (Å²) in [6.45, 7) is 1.98. The lowest BCUT2D eigenvalue weighted by Crippen LogP contribution is -2.15. The normalized spacial score (nSPS) is 17.3. The Morgan fingerprint density at radius 1 is 1.50 bits per heavy atom. The number of hydrogen-bond acceptors (Lipinski definition) is 5. The molecule has 1 aliphatic rings. The Labute approximate surface area is 103 Å². The smallest absolute Gasteiger partial charge is 0.444 e. The van der Waals surface area contributed by atoms with Gasteiger partial charge in [-0.05, 0) is 13.0 Å². The molecule has 0 aliphatic carbocycles. The molecule has 1 aromatic carbocycles.